The second-order valence-electron chi connectivity index (χ2n) is 6.56. The molecule has 1 aromatic rings. The van der Waals surface area contributed by atoms with Crippen molar-refractivity contribution in [2.75, 3.05) is 12.3 Å². The van der Waals surface area contributed by atoms with E-state index in [-0.39, 0.29) is 11.6 Å². The van der Waals surface area contributed by atoms with Gasteiger partial charge in [0.25, 0.3) is 0 Å². The Morgan fingerprint density at radius 1 is 1.14 bits per heavy atom. The van der Waals surface area contributed by atoms with Gasteiger partial charge in [0.1, 0.15) is 0 Å². The van der Waals surface area contributed by atoms with Gasteiger partial charge in [-0.1, -0.05) is 17.7 Å². The zero-order valence-electron chi connectivity index (χ0n) is 14.1. The third kappa shape index (κ3) is 6.89. The van der Waals surface area contributed by atoms with Crippen LogP contribution in [0.15, 0.2) is 12.1 Å². The van der Waals surface area contributed by atoms with Crippen molar-refractivity contribution in [1.82, 2.24) is 10.6 Å². The number of benzene rings is 1. The normalized spacial score (nSPS) is 11.3. The summed E-state index contributed by atoms with van der Waals surface area (Å²) in [6, 6.07) is 4.38. The second kappa shape index (κ2) is 7.74. The van der Waals surface area contributed by atoms with Gasteiger partial charge in [-0.2, -0.15) is 11.8 Å². The first-order chi connectivity index (χ1) is 9.69. The first kappa shape index (κ1) is 17.9. The van der Waals surface area contributed by atoms with Crippen LogP contribution in [0.2, 0.25) is 0 Å². The van der Waals surface area contributed by atoms with Crippen LogP contribution < -0.4 is 10.6 Å². The lowest BCUT2D eigenvalue weighted by atomic mass is 10.0. The molecule has 0 aromatic heterocycles. The smallest absolute Gasteiger partial charge is 0.315 e. The standard InChI is InChI=1S/C17H28N2OS/c1-12-9-13(2)15(14(3)10-12)11-21-8-7-18-16(20)19-17(4,5)6/h9-10H,7-8,11H2,1-6H3,(H2,18,19,20). The van der Waals surface area contributed by atoms with Gasteiger partial charge in [0, 0.05) is 23.6 Å². The molecule has 0 fully saturated rings. The highest BCUT2D eigenvalue weighted by Crippen LogP contribution is 2.21. The Kier molecular flexibility index (Phi) is 6.59. The molecule has 0 unspecified atom stereocenters. The number of aryl methyl sites for hydroxylation is 3. The van der Waals surface area contributed by atoms with Crippen LogP contribution in [-0.2, 0) is 5.75 Å². The minimum Gasteiger partial charge on any atom is -0.337 e. The molecule has 1 aromatic carbocycles. The SMILES string of the molecule is Cc1cc(C)c(CSCCNC(=O)NC(C)(C)C)c(C)c1. The van der Waals surface area contributed by atoms with Crippen LogP contribution in [0.5, 0.6) is 0 Å². The van der Waals surface area contributed by atoms with Crippen molar-refractivity contribution in [3.8, 4) is 0 Å². The Bertz CT molecular complexity index is 469. The molecule has 118 valence electrons. The molecule has 2 N–H and O–H groups in total. The zero-order valence-corrected chi connectivity index (χ0v) is 14.9. The van der Waals surface area contributed by atoms with Crippen LogP contribution in [0.25, 0.3) is 0 Å². The predicted octanol–water partition coefficient (Wildman–Crippen LogP) is 3.94. The van der Waals surface area contributed by atoms with Gasteiger partial charge < -0.3 is 10.6 Å². The minimum atomic E-state index is -0.187. The van der Waals surface area contributed by atoms with Crippen molar-refractivity contribution in [1.29, 1.82) is 0 Å². The van der Waals surface area contributed by atoms with E-state index < -0.39 is 0 Å². The average molecular weight is 308 g/mol. The molecule has 21 heavy (non-hydrogen) atoms. The van der Waals surface area contributed by atoms with Crippen molar-refractivity contribution in [2.24, 2.45) is 0 Å². The lowest BCUT2D eigenvalue weighted by Gasteiger charge is -2.20. The summed E-state index contributed by atoms with van der Waals surface area (Å²) >= 11 is 1.86. The number of hydrogen-bond acceptors (Lipinski definition) is 2. The molecule has 4 heteroatoms. The number of hydrogen-bond donors (Lipinski definition) is 2. The number of carbonyl (C=O) groups is 1. The largest absolute Gasteiger partial charge is 0.337 e. The summed E-state index contributed by atoms with van der Waals surface area (Å²) < 4.78 is 0. The molecular formula is C17H28N2OS. The quantitative estimate of drug-likeness (QED) is 0.809. The van der Waals surface area contributed by atoms with E-state index in [9.17, 15) is 4.79 Å². The van der Waals surface area contributed by atoms with Gasteiger partial charge in [0.2, 0.25) is 0 Å². The lowest BCUT2D eigenvalue weighted by Crippen LogP contribution is -2.46. The predicted molar refractivity (Wildman–Crippen MR) is 93.1 cm³/mol. The molecule has 0 saturated heterocycles. The van der Waals surface area contributed by atoms with Gasteiger partial charge in [-0.05, 0) is 58.2 Å². The Hall–Kier alpha value is -1.16. The topological polar surface area (TPSA) is 41.1 Å². The number of thioether (sulfide) groups is 1. The van der Waals surface area contributed by atoms with Gasteiger partial charge in [0.05, 0.1) is 0 Å². The number of carbonyl (C=O) groups excluding carboxylic acids is 1. The molecule has 0 radical (unpaired) electrons. The number of rotatable bonds is 5. The monoisotopic (exact) mass is 308 g/mol. The third-order valence-electron chi connectivity index (χ3n) is 3.11. The highest BCUT2D eigenvalue weighted by Gasteiger charge is 2.12. The number of amides is 2. The van der Waals surface area contributed by atoms with E-state index in [2.05, 4.69) is 43.5 Å². The number of nitrogens with one attached hydrogen (secondary N) is 2. The molecule has 1 rings (SSSR count). The summed E-state index contributed by atoms with van der Waals surface area (Å²) in [5, 5.41) is 5.79. The van der Waals surface area contributed by atoms with Gasteiger partial charge in [-0.3, -0.25) is 0 Å². The van der Waals surface area contributed by atoms with Crippen molar-refractivity contribution in [3.05, 3.63) is 34.4 Å². The third-order valence-corrected chi connectivity index (χ3v) is 4.09. The van der Waals surface area contributed by atoms with Crippen LogP contribution in [0.3, 0.4) is 0 Å². The maximum absolute atomic E-state index is 11.6. The van der Waals surface area contributed by atoms with Gasteiger partial charge in [-0.15, -0.1) is 0 Å². The second-order valence-corrected chi connectivity index (χ2v) is 7.67. The lowest BCUT2D eigenvalue weighted by molar-refractivity contribution is 0.232. The van der Waals surface area contributed by atoms with Crippen molar-refractivity contribution in [3.63, 3.8) is 0 Å². The fraction of sp³-hybridized carbons (Fsp3) is 0.588. The summed E-state index contributed by atoms with van der Waals surface area (Å²) in [7, 11) is 0. The van der Waals surface area contributed by atoms with Crippen LogP contribution >= 0.6 is 11.8 Å². The van der Waals surface area contributed by atoms with E-state index in [1.54, 1.807) is 0 Å². The molecule has 0 aliphatic carbocycles. The van der Waals surface area contributed by atoms with E-state index in [0.29, 0.717) is 6.54 Å². The highest BCUT2D eigenvalue weighted by atomic mass is 32.2. The molecule has 3 nitrogen and oxygen atoms in total. The first-order valence-corrected chi connectivity index (χ1v) is 8.55. The average Bonchev–Trinajstić information content (AvgIpc) is 2.29. The van der Waals surface area contributed by atoms with Gasteiger partial charge in [0.15, 0.2) is 0 Å². The fourth-order valence-electron chi connectivity index (χ4n) is 2.23. The Balaban J connectivity index is 2.31. The molecule has 0 aliphatic rings. The molecule has 0 spiro atoms. The van der Waals surface area contributed by atoms with Crippen LogP contribution in [0.4, 0.5) is 4.79 Å². The van der Waals surface area contributed by atoms with E-state index >= 15 is 0 Å². The zero-order chi connectivity index (χ0) is 16.0. The maximum atomic E-state index is 11.6. The van der Waals surface area contributed by atoms with E-state index in [4.69, 9.17) is 0 Å². The molecule has 0 heterocycles. The van der Waals surface area contributed by atoms with Crippen LogP contribution in [0.1, 0.15) is 43.0 Å². The summed E-state index contributed by atoms with van der Waals surface area (Å²) in [5.41, 5.74) is 5.27. The van der Waals surface area contributed by atoms with Crippen LogP contribution in [-0.4, -0.2) is 23.9 Å². The molecule has 2 amide bonds. The highest BCUT2D eigenvalue weighted by molar-refractivity contribution is 7.98. The van der Waals surface area contributed by atoms with Crippen LogP contribution in [0, 0.1) is 20.8 Å². The minimum absolute atomic E-state index is 0.0919. The number of urea groups is 1. The summed E-state index contributed by atoms with van der Waals surface area (Å²) in [5.74, 6) is 1.92. The van der Waals surface area contributed by atoms with E-state index in [0.717, 1.165) is 11.5 Å². The summed E-state index contributed by atoms with van der Waals surface area (Å²) in [6.07, 6.45) is 0. The van der Waals surface area contributed by atoms with E-state index in [1.165, 1.54) is 22.3 Å². The molecule has 0 bridgehead atoms. The van der Waals surface area contributed by atoms with E-state index in [1.807, 2.05) is 32.5 Å². The summed E-state index contributed by atoms with van der Waals surface area (Å²) in [6.45, 7) is 13.1. The Labute approximate surface area is 133 Å². The van der Waals surface area contributed by atoms with Crippen molar-refractivity contribution >= 4 is 17.8 Å². The van der Waals surface area contributed by atoms with Gasteiger partial charge in [-0.25, -0.2) is 4.79 Å². The molecular weight excluding hydrogens is 280 g/mol. The van der Waals surface area contributed by atoms with Crippen molar-refractivity contribution < 1.29 is 4.79 Å². The molecule has 0 saturated carbocycles. The summed E-state index contributed by atoms with van der Waals surface area (Å²) in [4.78, 5) is 11.6. The fourth-order valence-corrected chi connectivity index (χ4v) is 3.28. The molecule has 0 aliphatic heterocycles. The van der Waals surface area contributed by atoms with Gasteiger partial charge >= 0.3 is 6.03 Å². The molecule has 0 atom stereocenters. The first-order valence-electron chi connectivity index (χ1n) is 7.39. The Morgan fingerprint density at radius 3 is 2.24 bits per heavy atom. The van der Waals surface area contributed by atoms with Crippen molar-refractivity contribution in [2.45, 2.75) is 52.8 Å². The Morgan fingerprint density at radius 2 is 1.71 bits per heavy atom. The maximum Gasteiger partial charge on any atom is 0.315 e.